The normalized spacial score (nSPS) is 13.5. The zero-order chi connectivity index (χ0) is 17.5. The molecule has 1 heterocycles. The quantitative estimate of drug-likeness (QED) is 0.690. The van der Waals surface area contributed by atoms with Gasteiger partial charge in [0.15, 0.2) is 0 Å². The Kier molecular flexibility index (Phi) is 6.12. The number of hydrogen-bond donors (Lipinski definition) is 3. The maximum absolute atomic E-state index is 12.7. The predicted molar refractivity (Wildman–Crippen MR) is 90.3 cm³/mol. The van der Waals surface area contributed by atoms with Crippen LogP contribution >= 0.6 is 0 Å². The molecule has 24 heavy (non-hydrogen) atoms. The number of carboxylic acids is 1. The predicted octanol–water partition coefficient (Wildman–Crippen LogP) is 2.04. The molecule has 0 fully saturated rings. The molecule has 1 aromatic heterocycles. The molecule has 3 N–H and O–H groups in total. The van der Waals surface area contributed by atoms with Crippen LogP contribution in [0, 0.1) is 11.8 Å². The van der Waals surface area contributed by atoms with Crippen LogP contribution in [0.1, 0.15) is 25.2 Å². The van der Waals surface area contributed by atoms with Gasteiger partial charge < -0.3 is 15.4 Å². The second-order valence-corrected chi connectivity index (χ2v) is 6.20. The van der Waals surface area contributed by atoms with Crippen molar-refractivity contribution in [2.24, 2.45) is 11.8 Å². The smallest absolute Gasteiger partial charge is 0.326 e. The van der Waals surface area contributed by atoms with Crippen molar-refractivity contribution in [3.63, 3.8) is 0 Å². The zero-order valence-electron chi connectivity index (χ0n) is 13.9. The molecule has 0 aliphatic heterocycles. The Labute approximate surface area is 141 Å². The number of benzene rings is 1. The summed E-state index contributed by atoms with van der Waals surface area (Å²) in [4.78, 5) is 31.2. The van der Waals surface area contributed by atoms with Gasteiger partial charge in [0.05, 0.1) is 0 Å². The maximum Gasteiger partial charge on any atom is 0.326 e. The summed E-state index contributed by atoms with van der Waals surface area (Å²) in [6.45, 7) is 3.55. The lowest BCUT2D eigenvalue weighted by atomic mass is 9.94. The Morgan fingerprint density at radius 1 is 1.21 bits per heavy atom. The van der Waals surface area contributed by atoms with Gasteiger partial charge >= 0.3 is 5.97 Å². The highest BCUT2D eigenvalue weighted by Gasteiger charge is 2.28. The Morgan fingerprint density at radius 2 is 1.92 bits per heavy atom. The van der Waals surface area contributed by atoms with Gasteiger partial charge in [-0.25, -0.2) is 9.78 Å². The first-order valence-electron chi connectivity index (χ1n) is 8.02. The van der Waals surface area contributed by atoms with E-state index in [0.717, 1.165) is 5.56 Å². The van der Waals surface area contributed by atoms with E-state index < -0.39 is 12.0 Å². The van der Waals surface area contributed by atoms with Crippen LogP contribution in [0.25, 0.3) is 0 Å². The van der Waals surface area contributed by atoms with Crippen LogP contribution in [0.2, 0.25) is 0 Å². The average Bonchev–Trinajstić information content (AvgIpc) is 3.05. The second kappa shape index (κ2) is 8.29. The van der Waals surface area contributed by atoms with Gasteiger partial charge in [0.1, 0.15) is 11.9 Å². The minimum Gasteiger partial charge on any atom is -0.480 e. The van der Waals surface area contributed by atoms with E-state index in [9.17, 15) is 14.7 Å². The highest BCUT2D eigenvalue weighted by molar-refractivity contribution is 5.85. The van der Waals surface area contributed by atoms with Crippen LogP contribution < -0.4 is 5.32 Å². The molecule has 0 aliphatic carbocycles. The van der Waals surface area contributed by atoms with Crippen LogP contribution in [-0.2, 0) is 22.4 Å². The van der Waals surface area contributed by atoms with Gasteiger partial charge in [-0.05, 0) is 17.9 Å². The Hall–Kier alpha value is -2.63. The molecule has 0 radical (unpaired) electrons. The Morgan fingerprint density at radius 3 is 2.46 bits per heavy atom. The number of aromatic nitrogens is 2. The van der Waals surface area contributed by atoms with Gasteiger partial charge in [-0.1, -0.05) is 44.2 Å². The van der Waals surface area contributed by atoms with E-state index in [2.05, 4.69) is 15.3 Å². The Balaban J connectivity index is 2.14. The molecule has 6 heteroatoms. The third-order valence-electron chi connectivity index (χ3n) is 3.92. The Bertz CT molecular complexity index is 653. The number of rotatable bonds is 8. The van der Waals surface area contributed by atoms with Crippen LogP contribution in [0.3, 0.4) is 0 Å². The molecule has 1 unspecified atom stereocenters. The lowest BCUT2D eigenvalue weighted by Crippen LogP contribution is -2.47. The van der Waals surface area contributed by atoms with E-state index in [4.69, 9.17) is 0 Å². The number of nitrogens with zero attached hydrogens (tertiary/aromatic N) is 1. The molecule has 1 amide bonds. The van der Waals surface area contributed by atoms with Crippen molar-refractivity contribution in [1.29, 1.82) is 0 Å². The summed E-state index contributed by atoms with van der Waals surface area (Å²) >= 11 is 0. The minimum absolute atomic E-state index is 0.188. The highest BCUT2D eigenvalue weighted by atomic mass is 16.4. The number of aliphatic carboxylic acids is 1. The number of carbonyl (C=O) groups is 2. The number of carboxylic acid groups (broad SMARTS) is 1. The van der Waals surface area contributed by atoms with E-state index in [0.29, 0.717) is 18.7 Å². The fraction of sp³-hybridized carbons (Fsp3) is 0.389. The minimum atomic E-state index is -1.02. The highest BCUT2D eigenvalue weighted by Crippen LogP contribution is 2.14. The molecule has 2 aromatic rings. The van der Waals surface area contributed by atoms with Gasteiger partial charge in [-0.3, -0.25) is 4.79 Å². The van der Waals surface area contributed by atoms with Crippen molar-refractivity contribution in [2.45, 2.75) is 32.7 Å². The lowest BCUT2D eigenvalue weighted by Gasteiger charge is -2.22. The molecule has 1 aromatic carbocycles. The van der Waals surface area contributed by atoms with Crippen molar-refractivity contribution in [3.05, 3.63) is 54.1 Å². The van der Waals surface area contributed by atoms with Crippen molar-refractivity contribution < 1.29 is 14.7 Å². The number of carbonyl (C=O) groups excluding carboxylic acids is 1. The van der Waals surface area contributed by atoms with Crippen molar-refractivity contribution >= 4 is 11.9 Å². The topological polar surface area (TPSA) is 95.1 Å². The second-order valence-electron chi connectivity index (χ2n) is 6.20. The number of imidazole rings is 1. The summed E-state index contributed by atoms with van der Waals surface area (Å²) in [7, 11) is 0. The zero-order valence-corrected chi connectivity index (χ0v) is 13.9. The summed E-state index contributed by atoms with van der Waals surface area (Å²) in [6, 6.07) is 8.78. The van der Waals surface area contributed by atoms with Crippen LogP contribution in [0.15, 0.2) is 42.7 Å². The van der Waals surface area contributed by atoms with Crippen LogP contribution in [0.5, 0.6) is 0 Å². The molecule has 2 rings (SSSR count). The molecule has 0 spiro atoms. The first kappa shape index (κ1) is 17.7. The van der Waals surface area contributed by atoms with E-state index in [1.807, 2.05) is 30.3 Å². The van der Waals surface area contributed by atoms with Gasteiger partial charge in [0.2, 0.25) is 5.91 Å². The van der Waals surface area contributed by atoms with Gasteiger partial charge in [0, 0.05) is 24.7 Å². The fourth-order valence-electron chi connectivity index (χ4n) is 2.58. The molecule has 6 nitrogen and oxygen atoms in total. The van der Waals surface area contributed by atoms with Crippen molar-refractivity contribution in [1.82, 2.24) is 15.3 Å². The van der Waals surface area contributed by atoms with Gasteiger partial charge in [0.25, 0.3) is 0 Å². The number of hydrogen-bond acceptors (Lipinski definition) is 3. The molecule has 2 atom stereocenters. The molecule has 0 aliphatic rings. The number of H-pyrrole nitrogens is 1. The number of nitrogens with one attached hydrogen (secondary N) is 2. The van der Waals surface area contributed by atoms with E-state index in [-0.39, 0.29) is 17.7 Å². The molecule has 0 saturated carbocycles. The lowest BCUT2D eigenvalue weighted by molar-refractivity contribution is -0.143. The average molecular weight is 329 g/mol. The van der Waals surface area contributed by atoms with E-state index in [1.54, 1.807) is 26.2 Å². The third-order valence-corrected chi connectivity index (χ3v) is 3.92. The summed E-state index contributed by atoms with van der Waals surface area (Å²) in [6.07, 6.45) is 4.30. The first-order chi connectivity index (χ1) is 11.5. The van der Waals surface area contributed by atoms with Crippen molar-refractivity contribution in [3.8, 4) is 0 Å². The summed E-state index contributed by atoms with van der Waals surface area (Å²) in [5.74, 6) is -1.15. The van der Waals surface area contributed by atoms with E-state index in [1.165, 1.54) is 0 Å². The fourth-order valence-corrected chi connectivity index (χ4v) is 2.58. The SMILES string of the molecule is CC(C)[C@H](NC(=O)C(Cc1ccccc1)Cc1ncc[nH]1)C(=O)O. The maximum atomic E-state index is 12.7. The monoisotopic (exact) mass is 329 g/mol. The molecule has 0 saturated heterocycles. The largest absolute Gasteiger partial charge is 0.480 e. The van der Waals surface area contributed by atoms with Crippen LogP contribution in [-0.4, -0.2) is 33.0 Å². The standard InChI is InChI=1S/C18H23N3O3/c1-12(2)16(18(23)24)21-17(22)14(11-15-19-8-9-20-15)10-13-6-4-3-5-7-13/h3-9,12,14,16H,10-11H2,1-2H3,(H,19,20)(H,21,22)(H,23,24)/t14?,16-/m0/s1. The summed E-state index contributed by atoms with van der Waals surface area (Å²) in [5, 5.41) is 12.0. The van der Waals surface area contributed by atoms with Gasteiger partial charge in [-0.2, -0.15) is 0 Å². The molecule has 0 bridgehead atoms. The number of aromatic amines is 1. The van der Waals surface area contributed by atoms with Crippen LogP contribution in [0.4, 0.5) is 0 Å². The third kappa shape index (κ3) is 4.94. The van der Waals surface area contributed by atoms with E-state index >= 15 is 0 Å². The van der Waals surface area contributed by atoms with Gasteiger partial charge in [-0.15, -0.1) is 0 Å². The first-order valence-corrected chi connectivity index (χ1v) is 8.02. The molecular formula is C18H23N3O3. The number of amides is 1. The molecule has 128 valence electrons. The summed E-state index contributed by atoms with van der Waals surface area (Å²) in [5.41, 5.74) is 1.03. The van der Waals surface area contributed by atoms with Crippen molar-refractivity contribution in [2.75, 3.05) is 0 Å². The summed E-state index contributed by atoms with van der Waals surface area (Å²) < 4.78 is 0. The molecular weight excluding hydrogens is 306 g/mol.